The van der Waals surface area contributed by atoms with E-state index in [-0.39, 0.29) is 25.6 Å². The van der Waals surface area contributed by atoms with E-state index in [4.69, 9.17) is 9.47 Å². The number of rotatable bonds is 29. The monoisotopic (exact) mass is 578 g/mol. The summed E-state index contributed by atoms with van der Waals surface area (Å²) in [6.45, 7) is 4.08. The molecule has 1 unspecified atom stereocenters. The number of unbranched alkanes of at least 4 members (excludes halogenated alkanes) is 14. The first-order valence-electron chi connectivity index (χ1n) is 16.6. The molecule has 0 saturated heterocycles. The lowest BCUT2D eigenvalue weighted by Gasteiger charge is -2.12. The molecule has 0 rings (SSSR count). The van der Waals surface area contributed by atoms with Crippen molar-refractivity contribution < 1.29 is 29.3 Å². The highest BCUT2D eigenvalue weighted by atomic mass is 16.6. The predicted octanol–water partition coefficient (Wildman–Crippen LogP) is 8.70. The fourth-order valence-corrected chi connectivity index (χ4v) is 4.39. The molecule has 0 aliphatic heterocycles. The van der Waals surface area contributed by atoms with E-state index in [2.05, 4.69) is 32.1 Å². The van der Waals surface area contributed by atoms with Crippen molar-refractivity contribution in [3.63, 3.8) is 0 Å². The summed E-state index contributed by atoms with van der Waals surface area (Å²) in [5, 5.41) is 20.0. The Labute approximate surface area is 251 Å². The van der Waals surface area contributed by atoms with Crippen molar-refractivity contribution in [3.8, 4) is 0 Å². The van der Waals surface area contributed by atoms with E-state index < -0.39 is 18.2 Å². The van der Waals surface area contributed by atoms with Gasteiger partial charge in [0.2, 0.25) is 0 Å². The lowest BCUT2D eigenvalue weighted by Crippen LogP contribution is -2.25. The number of carbonyl (C=O) groups excluding carboxylic acids is 2. The fourth-order valence-electron chi connectivity index (χ4n) is 4.39. The van der Waals surface area contributed by atoms with E-state index in [1.165, 1.54) is 77.0 Å². The molecule has 2 N–H and O–H groups in total. The quantitative estimate of drug-likeness (QED) is 0.0399. The molecule has 0 fully saturated rings. The van der Waals surface area contributed by atoms with E-state index in [9.17, 15) is 19.8 Å². The molecule has 0 aliphatic carbocycles. The number of aliphatic hydroxyl groups is 2. The Bertz CT molecular complexity index is 684. The van der Waals surface area contributed by atoms with Gasteiger partial charge >= 0.3 is 11.9 Å². The molecule has 0 heterocycles. The zero-order valence-electron chi connectivity index (χ0n) is 26.4. The van der Waals surface area contributed by atoms with E-state index in [0.29, 0.717) is 19.3 Å². The number of hydrogen-bond acceptors (Lipinski definition) is 6. The average Bonchev–Trinajstić information content (AvgIpc) is 2.96. The summed E-state index contributed by atoms with van der Waals surface area (Å²) in [6, 6.07) is 0. The molecule has 41 heavy (non-hydrogen) atoms. The van der Waals surface area contributed by atoms with Crippen LogP contribution in [-0.4, -0.2) is 47.6 Å². The third-order valence-corrected chi connectivity index (χ3v) is 6.98. The standard InChI is InChI=1S/C35H62O6/c1-3-5-7-9-11-13-14-15-16-18-19-21-23-26-32(36)27-25-29-35(39)41-31-33(37)30-40-34(38)28-24-22-20-17-12-10-8-6-4-2/h15-16,19,21,23,26,32-33,36-37H,3-14,17-18,20,22,24-25,27-31H2,1-2H3/b16-15+,21-19+,26-23+/t32?,33-/m0/s1. The normalized spacial score (nSPS) is 13.4. The Morgan fingerprint density at radius 2 is 1.12 bits per heavy atom. The van der Waals surface area contributed by atoms with Crippen molar-refractivity contribution in [1.29, 1.82) is 0 Å². The zero-order valence-corrected chi connectivity index (χ0v) is 26.4. The molecular weight excluding hydrogens is 516 g/mol. The lowest BCUT2D eigenvalue weighted by molar-refractivity contribution is -0.152. The fraction of sp³-hybridized carbons (Fsp3) is 0.771. The van der Waals surface area contributed by atoms with Crippen LogP contribution >= 0.6 is 0 Å². The first-order valence-corrected chi connectivity index (χ1v) is 16.6. The summed E-state index contributed by atoms with van der Waals surface area (Å²) in [6.07, 6.45) is 32.3. The van der Waals surface area contributed by atoms with E-state index in [1.54, 1.807) is 6.08 Å². The van der Waals surface area contributed by atoms with Gasteiger partial charge in [0.15, 0.2) is 0 Å². The van der Waals surface area contributed by atoms with Gasteiger partial charge in [-0.25, -0.2) is 0 Å². The number of hydrogen-bond donors (Lipinski definition) is 2. The largest absolute Gasteiger partial charge is 0.463 e. The van der Waals surface area contributed by atoms with Crippen LogP contribution in [0, 0.1) is 0 Å². The minimum atomic E-state index is -1.03. The van der Waals surface area contributed by atoms with Crippen LogP contribution in [0.4, 0.5) is 0 Å². The highest BCUT2D eigenvalue weighted by Gasteiger charge is 2.12. The Balaban J connectivity index is 3.68. The molecular formula is C35H62O6. The van der Waals surface area contributed by atoms with Crippen LogP contribution in [0.1, 0.15) is 149 Å². The van der Waals surface area contributed by atoms with Gasteiger partial charge in [-0.15, -0.1) is 0 Å². The van der Waals surface area contributed by atoms with Gasteiger partial charge in [0.1, 0.15) is 19.3 Å². The molecule has 0 radical (unpaired) electrons. The second kappa shape index (κ2) is 31.0. The summed E-state index contributed by atoms with van der Waals surface area (Å²) in [5.74, 6) is -0.760. The van der Waals surface area contributed by atoms with Gasteiger partial charge in [0.05, 0.1) is 6.10 Å². The minimum absolute atomic E-state index is 0.162. The van der Waals surface area contributed by atoms with E-state index in [1.807, 2.05) is 12.2 Å². The van der Waals surface area contributed by atoms with Crippen molar-refractivity contribution in [2.45, 2.75) is 161 Å². The molecule has 0 aromatic carbocycles. The van der Waals surface area contributed by atoms with Crippen LogP contribution in [0.5, 0.6) is 0 Å². The average molecular weight is 579 g/mol. The van der Waals surface area contributed by atoms with Crippen LogP contribution in [0.15, 0.2) is 36.5 Å². The van der Waals surface area contributed by atoms with Crippen LogP contribution in [0.2, 0.25) is 0 Å². The van der Waals surface area contributed by atoms with Gasteiger partial charge in [0.25, 0.3) is 0 Å². The van der Waals surface area contributed by atoms with Crippen molar-refractivity contribution in [2.75, 3.05) is 13.2 Å². The van der Waals surface area contributed by atoms with Gasteiger partial charge in [-0.3, -0.25) is 9.59 Å². The second-order valence-electron chi connectivity index (χ2n) is 11.1. The van der Waals surface area contributed by atoms with Gasteiger partial charge in [-0.1, -0.05) is 134 Å². The first-order chi connectivity index (χ1) is 20.0. The van der Waals surface area contributed by atoms with E-state index in [0.717, 1.165) is 32.1 Å². The first kappa shape index (κ1) is 39.1. The van der Waals surface area contributed by atoms with Gasteiger partial charge < -0.3 is 19.7 Å². The zero-order chi connectivity index (χ0) is 30.2. The second-order valence-corrected chi connectivity index (χ2v) is 11.1. The molecule has 0 spiro atoms. The summed E-state index contributed by atoms with van der Waals surface area (Å²) in [4.78, 5) is 23.7. The number of esters is 2. The van der Waals surface area contributed by atoms with Gasteiger partial charge in [-0.2, -0.15) is 0 Å². The Hall–Kier alpha value is -1.92. The molecule has 2 atom stereocenters. The predicted molar refractivity (Wildman–Crippen MR) is 170 cm³/mol. The molecule has 0 bridgehead atoms. The number of ether oxygens (including phenoxy) is 2. The number of aliphatic hydroxyl groups excluding tert-OH is 2. The topological polar surface area (TPSA) is 93.1 Å². The van der Waals surface area contributed by atoms with Crippen molar-refractivity contribution in [1.82, 2.24) is 0 Å². The van der Waals surface area contributed by atoms with Gasteiger partial charge in [-0.05, 0) is 38.5 Å². The van der Waals surface area contributed by atoms with Crippen molar-refractivity contribution in [3.05, 3.63) is 36.5 Å². The number of allylic oxidation sites excluding steroid dienone is 5. The SMILES string of the molecule is CCCCCCCC/C=C/C/C=C/C=C/C(O)CCCC(=O)OC[C@@H](O)COC(=O)CCCCCCCCCCC. The Kier molecular flexibility index (Phi) is 29.6. The third kappa shape index (κ3) is 30.9. The molecule has 0 amide bonds. The lowest BCUT2D eigenvalue weighted by atomic mass is 10.1. The van der Waals surface area contributed by atoms with Crippen molar-refractivity contribution >= 4 is 11.9 Å². The maximum Gasteiger partial charge on any atom is 0.305 e. The van der Waals surface area contributed by atoms with E-state index >= 15 is 0 Å². The summed E-state index contributed by atoms with van der Waals surface area (Å²) < 4.78 is 10.2. The summed E-state index contributed by atoms with van der Waals surface area (Å²) >= 11 is 0. The van der Waals surface area contributed by atoms with Crippen molar-refractivity contribution in [2.24, 2.45) is 0 Å². The van der Waals surface area contributed by atoms with Crippen LogP contribution in [0.25, 0.3) is 0 Å². The summed E-state index contributed by atoms with van der Waals surface area (Å²) in [5.41, 5.74) is 0. The highest BCUT2D eigenvalue weighted by Crippen LogP contribution is 2.11. The Morgan fingerprint density at radius 1 is 0.610 bits per heavy atom. The highest BCUT2D eigenvalue weighted by molar-refractivity contribution is 5.69. The Morgan fingerprint density at radius 3 is 1.71 bits per heavy atom. The van der Waals surface area contributed by atoms with Crippen LogP contribution in [-0.2, 0) is 19.1 Å². The molecule has 0 aromatic heterocycles. The molecule has 0 aliphatic rings. The smallest absolute Gasteiger partial charge is 0.305 e. The maximum atomic E-state index is 11.9. The molecule has 0 aromatic rings. The molecule has 6 heteroatoms. The minimum Gasteiger partial charge on any atom is -0.463 e. The maximum absolute atomic E-state index is 11.9. The molecule has 0 saturated carbocycles. The molecule has 238 valence electrons. The summed E-state index contributed by atoms with van der Waals surface area (Å²) in [7, 11) is 0. The van der Waals surface area contributed by atoms with Crippen LogP contribution in [0.3, 0.4) is 0 Å². The van der Waals surface area contributed by atoms with Crippen LogP contribution < -0.4 is 0 Å². The third-order valence-electron chi connectivity index (χ3n) is 6.98. The number of carbonyl (C=O) groups is 2. The van der Waals surface area contributed by atoms with Gasteiger partial charge in [0, 0.05) is 12.8 Å². The molecule has 6 nitrogen and oxygen atoms in total.